The number of para-hydroxylation sites is 2. The van der Waals surface area contributed by atoms with Gasteiger partial charge in [-0.05, 0) is 56.3 Å². The average molecular weight is 372 g/mol. The molecule has 1 aliphatic heterocycles. The van der Waals surface area contributed by atoms with Gasteiger partial charge in [-0.15, -0.1) is 0 Å². The first-order valence-corrected chi connectivity index (χ1v) is 9.17. The van der Waals surface area contributed by atoms with Crippen molar-refractivity contribution in [3.8, 4) is 11.5 Å². The van der Waals surface area contributed by atoms with E-state index in [0.29, 0.717) is 34.9 Å². The van der Waals surface area contributed by atoms with E-state index in [-0.39, 0.29) is 11.8 Å². The molecule has 0 bridgehead atoms. The lowest BCUT2D eigenvalue weighted by atomic mass is 10.1. The molecule has 4 rings (SSSR count). The predicted molar refractivity (Wildman–Crippen MR) is 109 cm³/mol. The Morgan fingerprint density at radius 2 is 1.82 bits per heavy atom. The summed E-state index contributed by atoms with van der Waals surface area (Å²) in [6.45, 7) is 4.37. The molecule has 0 radical (unpaired) electrons. The van der Waals surface area contributed by atoms with E-state index in [2.05, 4.69) is 5.32 Å². The van der Waals surface area contributed by atoms with Gasteiger partial charge in [0.2, 0.25) is 0 Å². The Labute approximate surface area is 163 Å². The van der Waals surface area contributed by atoms with Crippen LogP contribution in [0.15, 0.2) is 66.7 Å². The first-order valence-electron chi connectivity index (χ1n) is 9.17. The molecular formula is C23H20N2O3. The van der Waals surface area contributed by atoms with Crippen LogP contribution < -0.4 is 15.0 Å². The minimum absolute atomic E-state index is 0.158. The Bertz CT molecular complexity index is 1070. The van der Waals surface area contributed by atoms with Crippen LogP contribution in [0.1, 0.15) is 33.2 Å². The molecule has 5 heteroatoms. The fourth-order valence-corrected chi connectivity index (χ4v) is 3.31. The number of carbonyl (C=O) groups excluding carboxylic acids is 2. The SMILES string of the molecule is CCN1C(=O)c2cc(NC(=O)c3cccc(C)c3)ccc2Oc2ccccc21. The topological polar surface area (TPSA) is 58.6 Å². The van der Waals surface area contributed by atoms with Crippen LogP contribution >= 0.6 is 0 Å². The lowest BCUT2D eigenvalue weighted by molar-refractivity contribution is 0.0985. The van der Waals surface area contributed by atoms with Crippen molar-refractivity contribution in [2.45, 2.75) is 13.8 Å². The fraction of sp³-hybridized carbons (Fsp3) is 0.130. The number of rotatable bonds is 3. The van der Waals surface area contributed by atoms with Gasteiger partial charge in [-0.2, -0.15) is 0 Å². The second-order valence-corrected chi connectivity index (χ2v) is 6.65. The van der Waals surface area contributed by atoms with E-state index in [1.54, 1.807) is 29.2 Å². The highest BCUT2D eigenvalue weighted by Gasteiger charge is 2.27. The summed E-state index contributed by atoms with van der Waals surface area (Å²) in [7, 11) is 0. The molecule has 140 valence electrons. The van der Waals surface area contributed by atoms with Crippen molar-refractivity contribution in [3.05, 3.63) is 83.4 Å². The molecule has 0 fully saturated rings. The molecule has 28 heavy (non-hydrogen) atoms. The number of anilines is 2. The normalized spacial score (nSPS) is 12.5. The van der Waals surface area contributed by atoms with Crippen LogP contribution in [0.2, 0.25) is 0 Å². The first kappa shape index (κ1) is 17.8. The first-order chi connectivity index (χ1) is 13.6. The van der Waals surface area contributed by atoms with E-state index in [4.69, 9.17) is 4.74 Å². The molecule has 0 atom stereocenters. The van der Waals surface area contributed by atoms with Gasteiger partial charge in [0.15, 0.2) is 5.75 Å². The van der Waals surface area contributed by atoms with Gasteiger partial charge in [0.25, 0.3) is 11.8 Å². The van der Waals surface area contributed by atoms with Crippen LogP contribution in [0, 0.1) is 6.92 Å². The highest BCUT2D eigenvalue weighted by atomic mass is 16.5. The standard InChI is InChI=1S/C23H20N2O3/c1-3-25-19-9-4-5-10-21(19)28-20-12-11-17(14-18(20)23(25)27)24-22(26)16-8-6-7-15(2)13-16/h4-14H,3H2,1-2H3,(H,24,26). The van der Waals surface area contributed by atoms with Crippen LogP contribution in [-0.4, -0.2) is 18.4 Å². The van der Waals surface area contributed by atoms with Gasteiger partial charge >= 0.3 is 0 Å². The number of ether oxygens (including phenoxy) is 1. The van der Waals surface area contributed by atoms with Crippen LogP contribution in [-0.2, 0) is 0 Å². The number of aryl methyl sites for hydroxylation is 1. The zero-order valence-corrected chi connectivity index (χ0v) is 15.7. The summed E-state index contributed by atoms with van der Waals surface area (Å²) < 4.78 is 5.99. The number of amides is 2. The molecule has 0 aliphatic carbocycles. The number of hydrogen-bond donors (Lipinski definition) is 1. The van der Waals surface area contributed by atoms with Gasteiger partial charge in [-0.1, -0.05) is 29.8 Å². The third kappa shape index (κ3) is 3.22. The molecule has 1 aliphatic rings. The molecular weight excluding hydrogens is 352 g/mol. The molecule has 5 nitrogen and oxygen atoms in total. The van der Waals surface area contributed by atoms with E-state index in [0.717, 1.165) is 11.3 Å². The molecule has 0 aromatic heterocycles. The molecule has 1 N–H and O–H groups in total. The van der Waals surface area contributed by atoms with Crippen molar-refractivity contribution in [2.75, 3.05) is 16.8 Å². The smallest absolute Gasteiger partial charge is 0.262 e. The van der Waals surface area contributed by atoms with Crippen molar-refractivity contribution in [1.82, 2.24) is 0 Å². The van der Waals surface area contributed by atoms with Crippen molar-refractivity contribution in [2.24, 2.45) is 0 Å². The van der Waals surface area contributed by atoms with Crippen LogP contribution in [0.25, 0.3) is 0 Å². The lowest BCUT2D eigenvalue weighted by Gasteiger charge is -2.19. The Hall–Kier alpha value is -3.60. The summed E-state index contributed by atoms with van der Waals surface area (Å²) in [6.07, 6.45) is 0. The second-order valence-electron chi connectivity index (χ2n) is 6.65. The molecule has 0 unspecified atom stereocenters. The molecule has 1 heterocycles. The van der Waals surface area contributed by atoms with Crippen molar-refractivity contribution >= 4 is 23.2 Å². The summed E-state index contributed by atoms with van der Waals surface area (Å²) in [5.74, 6) is 0.727. The van der Waals surface area contributed by atoms with E-state index in [9.17, 15) is 9.59 Å². The van der Waals surface area contributed by atoms with E-state index in [1.807, 2.05) is 56.3 Å². The van der Waals surface area contributed by atoms with E-state index in [1.165, 1.54) is 0 Å². The van der Waals surface area contributed by atoms with Gasteiger partial charge in [0, 0.05) is 17.8 Å². The largest absolute Gasteiger partial charge is 0.454 e. The minimum atomic E-state index is -0.221. The third-order valence-corrected chi connectivity index (χ3v) is 4.69. The average Bonchev–Trinajstić information content (AvgIpc) is 2.82. The molecule has 0 saturated carbocycles. The molecule has 0 saturated heterocycles. The second kappa shape index (κ2) is 7.19. The summed E-state index contributed by atoms with van der Waals surface area (Å²) in [4.78, 5) is 27.3. The quantitative estimate of drug-likeness (QED) is 0.702. The number of hydrogen-bond acceptors (Lipinski definition) is 3. The Morgan fingerprint density at radius 3 is 2.61 bits per heavy atom. The van der Waals surface area contributed by atoms with Gasteiger partial charge in [-0.25, -0.2) is 0 Å². The summed E-state index contributed by atoms with van der Waals surface area (Å²) in [5, 5.41) is 2.87. The lowest BCUT2D eigenvalue weighted by Crippen LogP contribution is -2.29. The van der Waals surface area contributed by atoms with Crippen molar-refractivity contribution in [1.29, 1.82) is 0 Å². The van der Waals surface area contributed by atoms with Gasteiger partial charge in [0.05, 0.1) is 11.3 Å². The Morgan fingerprint density at radius 1 is 1.00 bits per heavy atom. The highest BCUT2D eigenvalue weighted by Crippen LogP contribution is 2.39. The Kier molecular flexibility index (Phi) is 4.57. The van der Waals surface area contributed by atoms with Crippen molar-refractivity contribution in [3.63, 3.8) is 0 Å². The maximum absolute atomic E-state index is 13.1. The summed E-state index contributed by atoms with van der Waals surface area (Å²) in [6, 6.07) is 19.9. The zero-order chi connectivity index (χ0) is 19.7. The van der Waals surface area contributed by atoms with Gasteiger partial charge in [0.1, 0.15) is 5.75 Å². The number of fused-ring (bicyclic) bond motifs is 2. The maximum atomic E-state index is 13.1. The third-order valence-electron chi connectivity index (χ3n) is 4.69. The van der Waals surface area contributed by atoms with Gasteiger partial charge in [-0.3, -0.25) is 9.59 Å². The minimum Gasteiger partial charge on any atom is -0.454 e. The van der Waals surface area contributed by atoms with Crippen LogP contribution in [0.3, 0.4) is 0 Å². The van der Waals surface area contributed by atoms with E-state index < -0.39 is 0 Å². The monoisotopic (exact) mass is 372 g/mol. The molecule has 0 spiro atoms. The number of carbonyl (C=O) groups is 2. The predicted octanol–water partition coefficient (Wildman–Crippen LogP) is 5.02. The molecule has 3 aromatic carbocycles. The summed E-state index contributed by atoms with van der Waals surface area (Å²) in [5.41, 5.74) is 3.27. The van der Waals surface area contributed by atoms with Crippen molar-refractivity contribution < 1.29 is 14.3 Å². The summed E-state index contributed by atoms with van der Waals surface area (Å²) >= 11 is 0. The number of nitrogens with one attached hydrogen (secondary N) is 1. The van der Waals surface area contributed by atoms with Crippen LogP contribution in [0.5, 0.6) is 11.5 Å². The zero-order valence-electron chi connectivity index (χ0n) is 15.7. The number of nitrogens with zero attached hydrogens (tertiary/aromatic N) is 1. The maximum Gasteiger partial charge on any atom is 0.262 e. The highest BCUT2D eigenvalue weighted by molar-refractivity contribution is 6.11. The molecule has 2 amide bonds. The number of benzene rings is 3. The van der Waals surface area contributed by atoms with Crippen LogP contribution in [0.4, 0.5) is 11.4 Å². The fourth-order valence-electron chi connectivity index (χ4n) is 3.31. The van der Waals surface area contributed by atoms with E-state index >= 15 is 0 Å². The molecule has 3 aromatic rings. The van der Waals surface area contributed by atoms with Gasteiger partial charge < -0.3 is 15.0 Å². The Balaban J connectivity index is 1.68.